The highest BCUT2D eigenvalue weighted by molar-refractivity contribution is 5.83. The van der Waals surface area contributed by atoms with Gasteiger partial charge in [0.15, 0.2) is 29.9 Å². The maximum absolute atomic E-state index is 13.3. The first-order valence-electron chi connectivity index (χ1n) is 6.53. The molecule has 0 unspecified atom stereocenters. The first kappa shape index (κ1) is 18.3. The highest BCUT2D eigenvalue weighted by Gasteiger charge is 2.24. The number of carbonyl (C=O) groups excluding carboxylic acids is 1. The van der Waals surface area contributed by atoms with E-state index in [0.717, 1.165) is 12.1 Å². The van der Waals surface area contributed by atoms with Gasteiger partial charge in [0.1, 0.15) is 11.6 Å². The Bertz CT molecular complexity index is 795. The summed E-state index contributed by atoms with van der Waals surface area (Å²) in [6.07, 6.45) is 0.270. The van der Waals surface area contributed by atoms with E-state index in [1.807, 2.05) is 0 Å². The lowest BCUT2D eigenvalue weighted by atomic mass is 10.2. The fourth-order valence-corrected chi connectivity index (χ4v) is 1.62. The number of hydrogen-bond donors (Lipinski definition) is 1. The van der Waals surface area contributed by atoms with Crippen molar-refractivity contribution in [2.24, 2.45) is 5.10 Å². The summed E-state index contributed by atoms with van der Waals surface area (Å²) in [6.45, 7) is -0.583. The summed E-state index contributed by atoms with van der Waals surface area (Å²) >= 11 is 0. The molecule has 25 heavy (non-hydrogen) atoms. The number of ether oxygens (including phenoxy) is 1. The summed E-state index contributed by atoms with van der Waals surface area (Å²) in [5.41, 5.74) is 0.471. The molecule has 2 rings (SSSR count). The maximum atomic E-state index is 13.3. The zero-order valence-electron chi connectivity index (χ0n) is 12.1. The second-order valence-electron chi connectivity index (χ2n) is 4.52. The molecular formula is C15H8F6N2O2. The lowest BCUT2D eigenvalue weighted by Crippen LogP contribution is -2.24. The summed E-state index contributed by atoms with van der Waals surface area (Å²) < 4.78 is 83.1. The van der Waals surface area contributed by atoms with Gasteiger partial charge >= 0.3 is 0 Å². The number of amides is 1. The monoisotopic (exact) mass is 362 g/mol. The van der Waals surface area contributed by atoms with Gasteiger partial charge in [0.25, 0.3) is 5.91 Å². The van der Waals surface area contributed by atoms with Gasteiger partial charge in [-0.2, -0.15) is 5.10 Å². The summed E-state index contributed by atoms with van der Waals surface area (Å²) in [7, 11) is 0. The highest BCUT2D eigenvalue weighted by atomic mass is 19.2. The number of nitrogens with zero attached hydrogens (tertiary/aromatic N) is 1. The molecule has 0 aliphatic rings. The molecular weight excluding hydrogens is 354 g/mol. The Hall–Kier alpha value is -3.04. The van der Waals surface area contributed by atoms with Gasteiger partial charge in [0.2, 0.25) is 5.82 Å². The third-order valence-corrected chi connectivity index (χ3v) is 2.81. The number of halogens is 6. The average molecular weight is 362 g/mol. The van der Waals surface area contributed by atoms with Crippen molar-refractivity contribution in [3.63, 3.8) is 0 Å². The summed E-state index contributed by atoms with van der Waals surface area (Å²) in [4.78, 5) is 11.4. The standard InChI is InChI=1S/C15H8F6N2O2/c16-7-1-3-8(4-2-7)25-6-10(24)23-22-5-9-11(17)13(19)15(21)14(20)12(9)18/h1-5H,6H2,(H,23,24). The van der Waals surface area contributed by atoms with E-state index in [2.05, 4.69) is 5.10 Å². The SMILES string of the molecule is O=C(COc1ccc(F)cc1)NN=Cc1c(F)c(F)c(F)c(F)c1F. The van der Waals surface area contributed by atoms with Gasteiger partial charge in [-0.15, -0.1) is 0 Å². The molecule has 2 aromatic carbocycles. The molecule has 0 saturated carbocycles. The predicted octanol–water partition coefficient (Wildman–Crippen LogP) is 3.05. The van der Waals surface area contributed by atoms with Gasteiger partial charge in [-0.05, 0) is 24.3 Å². The fraction of sp³-hybridized carbons (Fsp3) is 0.0667. The Labute approximate surface area is 136 Å². The third kappa shape index (κ3) is 4.28. The first-order chi connectivity index (χ1) is 11.8. The van der Waals surface area contributed by atoms with E-state index in [1.165, 1.54) is 12.1 Å². The molecule has 0 saturated heterocycles. The van der Waals surface area contributed by atoms with Gasteiger partial charge in [-0.3, -0.25) is 4.79 Å². The van der Waals surface area contributed by atoms with Crippen LogP contribution in [0.4, 0.5) is 26.3 Å². The van der Waals surface area contributed by atoms with Crippen molar-refractivity contribution >= 4 is 12.1 Å². The van der Waals surface area contributed by atoms with E-state index in [9.17, 15) is 31.1 Å². The van der Waals surface area contributed by atoms with Crippen molar-refractivity contribution in [3.05, 3.63) is 64.7 Å². The van der Waals surface area contributed by atoms with Crippen molar-refractivity contribution < 1.29 is 35.9 Å². The second kappa shape index (κ2) is 7.69. The van der Waals surface area contributed by atoms with Crippen molar-refractivity contribution in [1.29, 1.82) is 0 Å². The molecule has 0 heterocycles. The highest BCUT2D eigenvalue weighted by Crippen LogP contribution is 2.21. The van der Waals surface area contributed by atoms with E-state index in [4.69, 9.17) is 4.74 Å². The predicted molar refractivity (Wildman–Crippen MR) is 73.9 cm³/mol. The van der Waals surface area contributed by atoms with Crippen LogP contribution in [0, 0.1) is 34.9 Å². The van der Waals surface area contributed by atoms with Crippen LogP contribution >= 0.6 is 0 Å². The van der Waals surface area contributed by atoms with Crippen molar-refractivity contribution in [2.45, 2.75) is 0 Å². The minimum atomic E-state index is -2.30. The minimum absolute atomic E-state index is 0.167. The van der Waals surface area contributed by atoms with Gasteiger partial charge in [0.05, 0.1) is 11.8 Å². The molecule has 0 atom stereocenters. The normalized spacial score (nSPS) is 11.0. The molecule has 0 bridgehead atoms. The Morgan fingerprint density at radius 3 is 2.00 bits per heavy atom. The number of carbonyl (C=O) groups is 1. The molecule has 0 aliphatic heterocycles. The Kier molecular flexibility index (Phi) is 5.63. The molecule has 0 aromatic heterocycles. The first-order valence-corrected chi connectivity index (χ1v) is 6.53. The van der Waals surface area contributed by atoms with Crippen LogP contribution in [0.3, 0.4) is 0 Å². The van der Waals surface area contributed by atoms with Crippen LogP contribution in [-0.4, -0.2) is 18.7 Å². The van der Waals surface area contributed by atoms with Crippen molar-refractivity contribution in [3.8, 4) is 5.75 Å². The molecule has 0 fully saturated rings. The number of benzene rings is 2. The average Bonchev–Trinajstić information content (AvgIpc) is 2.60. The molecule has 0 aliphatic carbocycles. The molecule has 4 nitrogen and oxygen atoms in total. The quantitative estimate of drug-likeness (QED) is 0.292. The Balaban J connectivity index is 1.99. The molecule has 132 valence electrons. The van der Waals surface area contributed by atoms with Crippen LogP contribution < -0.4 is 10.2 Å². The van der Waals surface area contributed by atoms with Crippen LogP contribution in [0.2, 0.25) is 0 Å². The van der Waals surface area contributed by atoms with Crippen molar-refractivity contribution in [1.82, 2.24) is 5.43 Å². The molecule has 10 heteroatoms. The fourth-order valence-electron chi connectivity index (χ4n) is 1.62. The van der Waals surface area contributed by atoms with Crippen LogP contribution in [0.25, 0.3) is 0 Å². The zero-order valence-corrected chi connectivity index (χ0v) is 12.1. The van der Waals surface area contributed by atoms with Gasteiger partial charge in [-0.25, -0.2) is 31.8 Å². The molecule has 2 aromatic rings. The van der Waals surface area contributed by atoms with Crippen molar-refractivity contribution in [2.75, 3.05) is 6.61 Å². The van der Waals surface area contributed by atoms with E-state index >= 15 is 0 Å². The third-order valence-electron chi connectivity index (χ3n) is 2.81. The zero-order chi connectivity index (χ0) is 18.6. The number of rotatable bonds is 5. The van der Waals surface area contributed by atoms with E-state index in [0.29, 0.717) is 0 Å². The molecule has 1 N–H and O–H groups in total. The van der Waals surface area contributed by atoms with Crippen LogP contribution in [0.5, 0.6) is 5.75 Å². The summed E-state index contributed by atoms with van der Waals surface area (Å²) in [6, 6.07) is 4.69. The second-order valence-corrected chi connectivity index (χ2v) is 4.52. The topological polar surface area (TPSA) is 50.7 Å². The smallest absolute Gasteiger partial charge is 0.277 e. The Morgan fingerprint density at radius 1 is 0.920 bits per heavy atom. The van der Waals surface area contributed by atoms with E-state index in [1.54, 1.807) is 5.43 Å². The molecule has 0 spiro atoms. The largest absolute Gasteiger partial charge is 0.484 e. The number of hydrazone groups is 1. The molecule has 1 amide bonds. The summed E-state index contributed by atoms with van der Waals surface area (Å²) in [5, 5.41) is 3.10. The minimum Gasteiger partial charge on any atom is -0.484 e. The van der Waals surface area contributed by atoms with Crippen LogP contribution in [0.1, 0.15) is 5.56 Å². The van der Waals surface area contributed by atoms with Crippen LogP contribution in [0.15, 0.2) is 29.4 Å². The van der Waals surface area contributed by atoms with Gasteiger partial charge in [0, 0.05) is 0 Å². The lowest BCUT2D eigenvalue weighted by Gasteiger charge is -2.05. The lowest BCUT2D eigenvalue weighted by molar-refractivity contribution is -0.123. The van der Waals surface area contributed by atoms with Gasteiger partial charge < -0.3 is 4.74 Å². The van der Waals surface area contributed by atoms with E-state index in [-0.39, 0.29) is 12.0 Å². The molecule has 0 radical (unpaired) electrons. The number of hydrogen-bond acceptors (Lipinski definition) is 3. The number of nitrogens with one attached hydrogen (secondary N) is 1. The van der Waals surface area contributed by atoms with Crippen LogP contribution in [-0.2, 0) is 4.79 Å². The van der Waals surface area contributed by atoms with Gasteiger partial charge in [-0.1, -0.05) is 0 Å². The van der Waals surface area contributed by atoms with E-state index < -0.39 is 53.0 Å². The summed E-state index contributed by atoms with van der Waals surface area (Å²) in [5.74, 6) is -12.0. The maximum Gasteiger partial charge on any atom is 0.277 e. The Morgan fingerprint density at radius 2 is 1.44 bits per heavy atom.